The summed E-state index contributed by atoms with van der Waals surface area (Å²) in [5.74, 6) is 0.410. The molecule has 7 heteroatoms. The maximum atomic E-state index is 12.1. The second-order valence-electron chi connectivity index (χ2n) is 6.04. The van der Waals surface area contributed by atoms with Crippen molar-refractivity contribution in [3.63, 3.8) is 0 Å². The Hall–Kier alpha value is -3.06. The van der Waals surface area contributed by atoms with Crippen molar-refractivity contribution in [1.29, 1.82) is 0 Å². The first kappa shape index (κ1) is 21.2. The van der Waals surface area contributed by atoms with E-state index >= 15 is 0 Å². The third-order valence-electron chi connectivity index (χ3n) is 3.84. The van der Waals surface area contributed by atoms with Crippen LogP contribution >= 0.6 is 0 Å². The molecule has 0 heterocycles. The number of carbonyl (C=O) groups excluding carboxylic acids is 2. The Morgan fingerprint density at radius 3 is 2.54 bits per heavy atom. The predicted octanol–water partition coefficient (Wildman–Crippen LogP) is 2.90. The minimum atomic E-state index is -0.173. The Labute approximate surface area is 165 Å². The van der Waals surface area contributed by atoms with Gasteiger partial charge in [0.15, 0.2) is 0 Å². The molecule has 0 aliphatic heterocycles. The zero-order valence-electron chi connectivity index (χ0n) is 16.3. The van der Waals surface area contributed by atoms with Crippen LogP contribution in [0.4, 0.5) is 11.4 Å². The number of methoxy groups -OCH3 is 1. The van der Waals surface area contributed by atoms with E-state index in [1.54, 1.807) is 43.5 Å². The number of rotatable bonds is 11. The SMILES string of the molecule is CCOc1cccc(NC(=O)CNc2ccc(C(=O)NCCCOC)cc2)c1. The van der Waals surface area contributed by atoms with Gasteiger partial charge in [0.25, 0.3) is 5.91 Å². The van der Waals surface area contributed by atoms with Crippen molar-refractivity contribution in [2.75, 3.05) is 44.0 Å². The van der Waals surface area contributed by atoms with Gasteiger partial charge in [-0.05, 0) is 49.7 Å². The number of ether oxygens (including phenoxy) is 2. The van der Waals surface area contributed by atoms with Crippen molar-refractivity contribution in [3.05, 3.63) is 54.1 Å². The van der Waals surface area contributed by atoms with Crippen LogP contribution in [-0.4, -0.2) is 45.2 Å². The highest BCUT2D eigenvalue weighted by molar-refractivity contribution is 5.95. The first-order valence-electron chi connectivity index (χ1n) is 9.26. The van der Waals surface area contributed by atoms with Crippen molar-refractivity contribution < 1.29 is 19.1 Å². The summed E-state index contributed by atoms with van der Waals surface area (Å²) >= 11 is 0. The average Bonchev–Trinajstić information content (AvgIpc) is 2.70. The Kier molecular flexibility index (Phi) is 8.81. The van der Waals surface area contributed by atoms with E-state index in [1.807, 2.05) is 19.1 Å². The van der Waals surface area contributed by atoms with Crippen LogP contribution in [0.3, 0.4) is 0 Å². The lowest BCUT2D eigenvalue weighted by Crippen LogP contribution is -2.25. The van der Waals surface area contributed by atoms with Crippen molar-refractivity contribution in [3.8, 4) is 5.75 Å². The molecule has 2 rings (SSSR count). The first-order valence-corrected chi connectivity index (χ1v) is 9.26. The Morgan fingerprint density at radius 1 is 1.04 bits per heavy atom. The third-order valence-corrected chi connectivity index (χ3v) is 3.84. The molecule has 0 atom stereocenters. The lowest BCUT2D eigenvalue weighted by Gasteiger charge is -2.10. The van der Waals surface area contributed by atoms with Crippen molar-refractivity contribution >= 4 is 23.2 Å². The highest BCUT2D eigenvalue weighted by Crippen LogP contribution is 2.17. The van der Waals surface area contributed by atoms with E-state index in [1.165, 1.54) is 0 Å². The molecular weight excluding hydrogens is 358 g/mol. The lowest BCUT2D eigenvalue weighted by atomic mass is 10.2. The molecule has 28 heavy (non-hydrogen) atoms. The molecule has 0 bridgehead atoms. The molecule has 2 aromatic rings. The number of hydrogen-bond acceptors (Lipinski definition) is 5. The van der Waals surface area contributed by atoms with Crippen LogP contribution in [0.1, 0.15) is 23.7 Å². The first-order chi connectivity index (χ1) is 13.6. The van der Waals surface area contributed by atoms with Crippen LogP contribution in [-0.2, 0) is 9.53 Å². The van der Waals surface area contributed by atoms with Crippen LogP contribution in [0.15, 0.2) is 48.5 Å². The van der Waals surface area contributed by atoms with E-state index in [2.05, 4.69) is 16.0 Å². The zero-order chi connectivity index (χ0) is 20.2. The summed E-state index contributed by atoms with van der Waals surface area (Å²) in [5, 5.41) is 8.69. The number of amides is 2. The molecule has 0 radical (unpaired) electrons. The average molecular weight is 385 g/mol. The molecule has 150 valence electrons. The molecular formula is C21H27N3O4. The second kappa shape index (κ2) is 11.6. The largest absolute Gasteiger partial charge is 0.494 e. The highest BCUT2D eigenvalue weighted by Gasteiger charge is 2.06. The van der Waals surface area contributed by atoms with Gasteiger partial charge >= 0.3 is 0 Å². The van der Waals surface area contributed by atoms with E-state index in [0.717, 1.165) is 12.1 Å². The summed E-state index contributed by atoms with van der Waals surface area (Å²) < 4.78 is 10.4. The Bertz CT molecular complexity index is 763. The molecule has 0 unspecified atom stereocenters. The topological polar surface area (TPSA) is 88.7 Å². The van der Waals surface area contributed by atoms with Crippen LogP contribution in [0.5, 0.6) is 5.75 Å². The molecule has 0 fully saturated rings. The van der Waals surface area contributed by atoms with Crippen LogP contribution in [0.2, 0.25) is 0 Å². The number of nitrogens with one attached hydrogen (secondary N) is 3. The Morgan fingerprint density at radius 2 is 1.82 bits per heavy atom. The fourth-order valence-corrected chi connectivity index (χ4v) is 2.48. The van der Waals surface area contributed by atoms with Crippen molar-refractivity contribution in [2.45, 2.75) is 13.3 Å². The van der Waals surface area contributed by atoms with Gasteiger partial charge in [0.05, 0.1) is 13.2 Å². The summed E-state index contributed by atoms with van der Waals surface area (Å²) in [6.45, 7) is 3.77. The number of anilines is 2. The molecule has 2 aromatic carbocycles. The van der Waals surface area contributed by atoms with Gasteiger partial charge < -0.3 is 25.4 Å². The summed E-state index contributed by atoms with van der Waals surface area (Å²) in [4.78, 5) is 24.1. The number of hydrogen-bond donors (Lipinski definition) is 3. The van der Waals surface area contributed by atoms with Gasteiger partial charge in [-0.25, -0.2) is 0 Å². The fraction of sp³-hybridized carbons (Fsp3) is 0.333. The van der Waals surface area contributed by atoms with Gasteiger partial charge in [0.1, 0.15) is 5.75 Å². The normalized spacial score (nSPS) is 10.2. The molecule has 0 saturated carbocycles. The van der Waals surface area contributed by atoms with Crippen molar-refractivity contribution in [1.82, 2.24) is 5.32 Å². The number of benzene rings is 2. The predicted molar refractivity (Wildman–Crippen MR) is 110 cm³/mol. The van der Waals surface area contributed by atoms with E-state index in [4.69, 9.17) is 9.47 Å². The molecule has 0 saturated heterocycles. The third kappa shape index (κ3) is 7.28. The number of carbonyl (C=O) groups is 2. The highest BCUT2D eigenvalue weighted by atomic mass is 16.5. The minimum Gasteiger partial charge on any atom is -0.494 e. The summed E-state index contributed by atoms with van der Waals surface area (Å²) in [7, 11) is 1.63. The van der Waals surface area contributed by atoms with Gasteiger partial charge in [-0.2, -0.15) is 0 Å². The quantitative estimate of drug-likeness (QED) is 0.518. The van der Waals surface area contributed by atoms with E-state index in [-0.39, 0.29) is 18.4 Å². The fourth-order valence-electron chi connectivity index (χ4n) is 2.48. The lowest BCUT2D eigenvalue weighted by molar-refractivity contribution is -0.114. The van der Waals surface area contributed by atoms with Crippen molar-refractivity contribution in [2.24, 2.45) is 0 Å². The van der Waals surface area contributed by atoms with E-state index in [0.29, 0.717) is 36.8 Å². The minimum absolute atomic E-state index is 0.113. The molecule has 7 nitrogen and oxygen atoms in total. The van der Waals surface area contributed by atoms with Crippen LogP contribution in [0, 0.1) is 0 Å². The molecule has 0 aliphatic carbocycles. The smallest absolute Gasteiger partial charge is 0.251 e. The second-order valence-corrected chi connectivity index (χ2v) is 6.04. The summed E-state index contributed by atoms with van der Waals surface area (Å²) in [6.07, 6.45) is 0.768. The molecule has 0 spiro atoms. The van der Waals surface area contributed by atoms with Gasteiger partial charge in [0, 0.05) is 43.3 Å². The van der Waals surface area contributed by atoms with Gasteiger partial charge in [0.2, 0.25) is 5.91 Å². The van der Waals surface area contributed by atoms with E-state index in [9.17, 15) is 9.59 Å². The summed E-state index contributed by atoms with van der Waals surface area (Å²) in [5.41, 5.74) is 2.01. The summed E-state index contributed by atoms with van der Waals surface area (Å²) in [6, 6.07) is 14.2. The zero-order valence-corrected chi connectivity index (χ0v) is 16.3. The maximum Gasteiger partial charge on any atom is 0.251 e. The molecule has 0 aromatic heterocycles. The van der Waals surface area contributed by atoms with Gasteiger partial charge in [-0.15, -0.1) is 0 Å². The standard InChI is InChI=1S/C21H27N3O4/c1-3-28-19-7-4-6-18(14-19)24-20(25)15-23-17-10-8-16(9-11-17)21(26)22-12-5-13-27-2/h4,6-11,14,23H,3,5,12-13,15H2,1-2H3,(H,22,26)(H,24,25). The monoisotopic (exact) mass is 385 g/mol. The molecule has 0 aliphatic rings. The van der Waals surface area contributed by atoms with Crippen LogP contribution in [0.25, 0.3) is 0 Å². The van der Waals surface area contributed by atoms with Gasteiger partial charge in [-0.3, -0.25) is 9.59 Å². The maximum absolute atomic E-state index is 12.1. The van der Waals surface area contributed by atoms with Gasteiger partial charge in [-0.1, -0.05) is 6.07 Å². The molecule has 3 N–H and O–H groups in total. The van der Waals surface area contributed by atoms with E-state index < -0.39 is 0 Å². The van der Waals surface area contributed by atoms with Crippen LogP contribution < -0.4 is 20.7 Å². The Balaban J connectivity index is 1.78. The molecule has 2 amide bonds.